The van der Waals surface area contributed by atoms with Gasteiger partial charge in [0.15, 0.2) is 0 Å². The minimum Gasteiger partial charge on any atom is -0.357 e. The SMILES string of the molecule is CCCc1ccc(S(=O)(=O)N2CCN(c3ccc(C#N)c(C(F)(F)F)c3)C(C(=O)NC)C2)cc1. The second-order valence-electron chi connectivity index (χ2n) is 7.92. The van der Waals surface area contributed by atoms with Crippen molar-refractivity contribution in [2.45, 2.75) is 36.9 Å². The Labute approximate surface area is 196 Å². The van der Waals surface area contributed by atoms with Crippen molar-refractivity contribution in [3.63, 3.8) is 0 Å². The van der Waals surface area contributed by atoms with Gasteiger partial charge in [-0.1, -0.05) is 25.5 Å². The van der Waals surface area contributed by atoms with Gasteiger partial charge in [0.25, 0.3) is 0 Å². The van der Waals surface area contributed by atoms with E-state index in [4.69, 9.17) is 5.26 Å². The molecule has 7 nitrogen and oxygen atoms in total. The highest BCUT2D eigenvalue weighted by Crippen LogP contribution is 2.35. The summed E-state index contributed by atoms with van der Waals surface area (Å²) in [5.41, 5.74) is -0.539. The Balaban J connectivity index is 1.93. The molecule has 1 aliphatic heterocycles. The van der Waals surface area contributed by atoms with Gasteiger partial charge in [0, 0.05) is 32.4 Å². The van der Waals surface area contributed by atoms with Crippen LogP contribution in [-0.2, 0) is 27.4 Å². The first-order valence-corrected chi connectivity index (χ1v) is 12.2. The van der Waals surface area contributed by atoms with Crippen LogP contribution in [0.5, 0.6) is 0 Å². The van der Waals surface area contributed by atoms with Crippen LogP contribution in [0, 0.1) is 11.3 Å². The van der Waals surface area contributed by atoms with E-state index in [1.54, 1.807) is 12.1 Å². The molecular formula is C23H25F3N4O3S. The molecule has 0 spiro atoms. The molecule has 2 aromatic carbocycles. The summed E-state index contributed by atoms with van der Waals surface area (Å²) in [5.74, 6) is -0.531. The molecule has 1 amide bonds. The van der Waals surface area contributed by atoms with Gasteiger partial charge in [0.05, 0.1) is 22.1 Å². The molecule has 1 heterocycles. The summed E-state index contributed by atoms with van der Waals surface area (Å²) >= 11 is 0. The number of alkyl halides is 3. The first-order chi connectivity index (χ1) is 16.0. The van der Waals surface area contributed by atoms with Crippen molar-refractivity contribution in [3.05, 3.63) is 59.2 Å². The Kier molecular flexibility index (Phi) is 7.53. The van der Waals surface area contributed by atoms with E-state index in [1.165, 1.54) is 40.5 Å². The van der Waals surface area contributed by atoms with Crippen molar-refractivity contribution in [1.29, 1.82) is 5.26 Å². The number of aryl methyl sites for hydroxylation is 1. The number of nitriles is 1. The van der Waals surface area contributed by atoms with Crippen molar-refractivity contribution in [3.8, 4) is 6.07 Å². The van der Waals surface area contributed by atoms with Gasteiger partial charge in [-0.15, -0.1) is 0 Å². The standard InChI is InChI=1S/C23H25F3N4O3S/c1-3-4-16-5-9-19(10-6-16)34(32,33)29-11-12-30(21(15-29)22(31)28-2)18-8-7-17(14-27)20(13-18)23(24,25)26/h5-10,13,21H,3-4,11-12,15H2,1-2H3,(H,28,31). The number of carbonyl (C=O) groups excluding carboxylic acids is 1. The van der Waals surface area contributed by atoms with Crippen LogP contribution in [0.1, 0.15) is 30.0 Å². The second-order valence-corrected chi connectivity index (χ2v) is 9.86. The largest absolute Gasteiger partial charge is 0.417 e. The Morgan fingerprint density at radius 2 is 1.85 bits per heavy atom. The lowest BCUT2D eigenvalue weighted by atomic mass is 10.0. The van der Waals surface area contributed by atoms with Crippen LogP contribution in [0.25, 0.3) is 0 Å². The second kappa shape index (κ2) is 10.0. The maximum atomic E-state index is 13.5. The zero-order chi connectivity index (χ0) is 25.1. The van der Waals surface area contributed by atoms with Crippen LogP contribution in [0.4, 0.5) is 18.9 Å². The van der Waals surface area contributed by atoms with E-state index in [0.29, 0.717) is 0 Å². The van der Waals surface area contributed by atoms with Gasteiger partial charge < -0.3 is 10.2 Å². The molecule has 1 N–H and O–H groups in total. The molecule has 0 radical (unpaired) electrons. The monoisotopic (exact) mass is 494 g/mol. The average Bonchev–Trinajstić information content (AvgIpc) is 2.82. The summed E-state index contributed by atoms with van der Waals surface area (Å²) in [5, 5.41) is 11.5. The fourth-order valence-electron chi connectivity index (χ4n) is 3.99. The van der Waals surface area contributed by atoms with Gasteiger partial charge in [-0.05, 0) is 42.3 Å². The Hall–Kier alpha value is -3.10. The lowest BCUT2D eigenvalue weighted by Gasteiger charge is -2.41. The quantitative estimate of drug-likeness (QED) is 0.666. The third-order valence-electron chi connectivity index (χ3n) is 5.75. The summed E-state index contributed by atoms with van der Waals surface area (Å²) in [6.07, 6.45) is -3.01. The molecule has 3 rings (SSSR count). The molecule has 182 valence electrons. The van der Waals surface area contributed by atoms with Gasteiger partial charge in [0.2, 0.25) is 15.9 Å². The van der Waals surface area contributed by atoms with E-state index in [2.05, 4.69) is 5.32 Å². The molecule has 0 bridgehead atoms. The molecule has 0 aliphatic carbocycles. The van der Waals surface area contributed by atoms with Crippen molar-refractivity contribution < 1.29 is 26.4 Å². The van der Waals surface area contributed by atoms with Crippen molar-refractivity contribution in [2.75, 3.05) is 31.6 Å². The maximum absolute atomic E-state index is 13.5. The van der Waals surface area contributed by atoms with E-state index in [0.717, 1.165) is 30.5 Å². The zero-order valence-electron chi connectivity index (χ0n) is 18.8. The predicted octanol–water partition coefficient (Wildman–Crippen LogP) is 3.16. The molecule has 11 heteroatoms. The van der Waals surface area contributed by atoms with Gasteiger partial charge in [-0.3, -0.25) is 4.79 Å². The zero-order valence-corrected chi connectivity index (χ0v) is 19.6. The molecular weight excluding hydrogens is 469 g/mol. The molecule has 1 aliphatic rings. The van der Waals surface area contributed by atoms with E-state index in [-0.39, 0.29) is 30.2 Å². The number of sulfonamides is 1. The number of benzene rings is 2. The highest BCUT2D eigenvalue weighted by Gasteiger charge is 2.39. The predicted molar refractivity (Wildman–Crippen MR) is 121 cm³/mol. The summed E-state index contributed by atoms with van der Waals surface area (Å²) in [6.45, 7) is 1.76. The van der Waals surface area contributed by atoms with Crippen LogP contribution >= 0.6 is 0 Å². The summed E-state index contributed by atoms with van der Waals surface area (Å²) in [6, 6.07) is 10.2. The first kappa shape index (κ1) is 25.5. The number of nitrogens with zero attached hydrogens (tertiary/aromatic N) is 3. The number of halogens is 3. The summed E-state index contributed by atoms with van der Waals surface area (Å²) < 4.78 is 68.0. The van der Waals surface area contributed by atoms with Gasteiger partial charge >= 0.3 is 6.18 Å². The number of hydrogen-bond acceptors (Lipinski definition) is 5. The number of nitrogens with one attached hydrogen (secondary N) is 1. The Morgan fingerprint density at radius 3 is 2.41 bits per heavy atom. The van der Waals surface area contributed by atoms with E-state index in [9.17, 15) is 26.4 Å². The molecule has 1 fully saturated rings. The van der Waals surface area contributed by atoms with E-state index < -0.39 is 39.3 Å². The molecule has 1 atom stereocenters. The van der Waals surface area contributed by atoms with Crippen LogP contribution in [0.15, 0.2) is 47.4 Å². The van der Waals surface area contributed by atoms with Gasteiger partial charge in [-0.25, -0.2) is 8.42 Å². The number of piperazine rings is 1. The number of carbonyl (C=O) groups is 1. The lowest BCUT2D eigenvalue weighted by Crippen LogP contribution is -2.60. The number of hydrogen-bond donors (Lipinski definition) is 1. The minimum atomic E-state index is -4.75. The lowest BCUT2D eigenvalue weighted by molar-refractivity contribution is -0.137. The van der Waals surface area contributed by atoms with Gasteiger partial charge in [-0.2, -0.15) is 22.7 Å². The maximum Gasteiger partial charge on any atom is 0.417 e. The molecule has 2 aromatic rings. The fourth-order valence-corrected chi connectivity index (χ4v) is 5.42. The molecule has 0 saturated carbocycles. The number of amides is 1. The van der Waals surface area contributed by atoms with E-state index >= 15 is 0 Å². The topological polar surface area (TPSA) is 93.5 Å². The van der Waals surface area contributed by atoms with Crippen molar-refractivity contribution in [1.82, 2.24) is 9.62 Å². The normalized spacial score (nSPS) is 17.3. The minimum absolute atomic E-state index is 0.00552. The third-order valence-corrected chi connectivity index (χ3v) is 7.63. The molecule has 0 aromatic heterocycles. The number of likely N-dealkylation sites (N-methyl/N-ethyl adjacent to an activating group) is 1. The summed E-state index contributed by atoms with van der Waals surface area (Å²) in [7, 11) is -2.54. The fraction of sp³-hybridized carbons (Fsp3) is 0.391. The molecule has 34 heavy (non-hydrogen) atoms. The van der Waals surface area contributed by atoms with Crippen LogP contribution in [0.3, 0.4) is 0 Å². The molecule has 1 unspecified atom stereocenters. The van der Waals surface area contributed by atoms with Crippen LogP contribution in [0.2, 0.25) is 0 Å². The highest BCUT2D eigenvalue weighted by atomic mass is 32.2. The summed E-state index contributed by atoms with van der Waals surface area (Å²) in [4.78, 5) is 14.2. The number of rotatable bonds is 6. The molecule has 1 saturated heterocycles. The third kappa shape index (κ3) is 5.18. The van der Waals surface area contributed by atoms with Crippen LogP contribution < -0.4 is 10.2 Å². The average molecular weight is 495 g/mol. The van der Waals surface area contributed by atoms with Crippen molar-refractivity contribution >= 4 is 21.6 Å². The first-order valence-electron chi connectivity index (χ1n) is 10.7. The van der Waals surface area contributed by atoms with Crippen LogP contribution in [-0.4, -0.2) is 51.4 Å². The smallest absolute Gasteiger partial charge is 0.357 e. The van der Waals surface area contributed by atoms with Crippen molar-refractivity contribution in [2.24, 2.45) is 0 Å². The number of anilines is 1. The van der Waals surface area contributed by atoms with E-state index in [1.807, 2.05) is 6.92 Å². The highest BCUT2D eigenvalue weighted by molar-refractivity contribution is 7.89. The Bertz CT molecular complexity index is 1190. The Morgan fingerprint density at radius 1 is 1.18 bits per heavy atom. The van der Waals surface area contributed by atoms with Gasteiger partial charge in [0.1, 0.15) is 6.04 Å².